The van der Waals surface area contributed by atoms with Gasteiger partial charge in [-0.05, 0) is 23.8 Å². The van der Waals surface area contributed by atoms with Gasteiger partial charge in [-0.3, -0.25) is 0 Å². The van der Waals surface area contributed by atoms with Crippen molar-refractivity contribution in [2.75, 3.05) is 0 Å². The van der Waals surface area contributed by atoms with E-state index in [0.29, 0.717) is 12.3 Å². The highest BCUT2D eigenvalue weighted by atomic mass is 79.9. The predicted molar refractivity (Wildman–Crippen MR) is 72.6 cm³/mol. The number of aromatic nitrogens is 3. The average molecular weight is 331 g/mol. The second kappa shape index (κ2) is 5.81. The van der Waals surface area contributed by atoms with Crippen LogP contribution in [0.3, 0.4) is 0 Å². The van der Waals surface area contributed by atoms with Crippen molar-refractivity contribution in [3.05, 3.63) is 39.9 Å². The molecule has 0 spiro atoms. The number of rotatable bonds is 4. The lowest BCUT2D eigenvalue weighted by molar-refractivity contribution is 0.625. The molecule has 2 N–H and O–H groups in total. The molecule has 0 bridgehead atoms. The summed E-state index contributed by atoms with van der Waals surface area (Å²) in [6, 6.07) is 4.83. The molecule has 0 saturated carbocycles. The van der Waals surface area contributed by atoms with Gasteiger partial charge in [0.2, 0.25) is 0 Å². The molecule has 0 radical (unpaired) electrons. The third-order valence-corrected chi connectivity index (χ3v) is 3.95. The molecule has 0 fully saturated rings. The van der Waals surface area contributed by atoms with Crippen molar-refractivity contribution in [2.45, 2.75) is 17.5 Å². The molecule has 0 unspecified atom stereocenters. The van der Waals surface area contributed by atoms with Crippen molar-refractivity contribution in [3.63, 3.8) is 0 Å². The van der Waals surface area contributed by atoms with E-state index in [1.54, 1.807) is 0 Å². The van der Waals surface area contributed by atoms with Gasteiger partial charge in [-0.1, -0.05) is 27.7 Å². The second-order valence-electron chi connectivity index (χ2n) is 3.73. The number of halogens is 2. The first-order chi connectivity index (χ1) is 8.60. The lowest BCUT2D eigenvalue weighted by Gasteiger charge is -2.03. The van der Waals surface area contributed by atoms with E-state index in [4.69, 9.17) is 5.73 Å². The highest BCUT2D eigenvalue weighted by Crippen LogP contribution is 2.23. The summed E-state index contributed by atoms with van der Waals surface area (Å²) in [6.45, 7) is 0.357. The summed E-state index contributed by atoms with van der Waals surface area (Å²) >= 11 is 4.77. The molecule has 0 atom stereocenters. The van der Waals surface area contributed by atoms with Crippen molar-refractivity contribution in [1.29, 1.82) is 0 Å². The van der Waals surface area contributed by atoms with E-state index < -0.39 is 0 Å². The van der Waals surface area contributed by atoms with Crippen LogP contribution < -0.4 is 5.73 Å². The zero-order chi connectivity index (χ0) is 13.1. The first-order valence-corrected chi connectivity index (χ1v) is 7.04. The molecular weight excluding hydrogens is 319 g/mol. The zero-order valence-electron chi connectivity index (χ0n) is 9.73. The van der Waals surface area contributed by atoms with Crippen LogP contribution in [0.5, 0.6) is 0 Å². The van der Waals surface area contributed by atoms with Crippen LogP contribution in [0.25, 0.3) is 0 Å². The van der Waals surface area contributed by atoms with Gasteiger partial charge < -0.3 is 10.3 Å². The van der Waals surface area contributed by atoms with Crippen molar-refractivity contribution in [3.8, 4) is 0 Å². The number of benzene rings is 1. The smallest absolute Gasteiger partial charge is 0.191 e. The molecule has 0 aliphatic carbocycles. The lowest BCUT2D eigenvalue weighted by atomic mass is 10.2. The maximum atomic E-state index is 13.2. The fraction of sp³-hybridized carbons (Fsp3) is 0.273. The van der Waals surface area contributed by atoms with Crippen LogP contribution in [0.2, 0.25) is 0 Å². The van der Waals surface area contributed by atoms with Crippen molar-refractivity contribution >= 4 is 27.7 Å². The Morgan fingerprint density at radius 1 is 1.39 bits per heavy atom. The largest absolute Gasteiger partial charge is 0.324 e. The van der Waals surface area contributed by atoms with E-state index in [2.05, 4.69) is 26.1 Å². The molecule has 1 aromatic heterocycles. The van der Waals surface area contributed by atoms with Crippen LogP contribution in [-0.2, 0) is 19.3 Å². The van der Waals surface area contributed by atoms with Crippen LogP contribution >= 0.6 is 27.7 Å². The zero-order valence-corrected chi connectivity index (χ0v) is 12.1. The molecule has 4 nitrogen and oxygen atoms in total. The highest BCUT2D eigenvalue weighted by Gasteiger charge is 2.08. The SMILES string of the molecule is Cn1c(CN)nnc1SCc1cc(F)cc(Br)c1. The minimum absolute atomic E-state index is 0.249. The Morgan fingerprint density at radius 2 is 2.17 bits per heavy atom. The Hall–Kier alpha value is -0.920. The number of thioether (sulfide) groups is 1. The minimum Gasteiger partial charge on any atom is -0.324 e. The molecule has 0 amide bonds. The van der Waals surface area contributed by atoms with E-state index >= 15 is 0 Å². The molecule has 7 heteroatoms. The topological polar surface area (TPSA) is 56.7 Å². The summed E-state index contributed by atoms with van der Waals surface area (Å²) in [5.74, 6) is 1.12. The fourth-order valence-electron chi connectivity index (χ4n) is 1.49. The van der Waals surface area contributed by atoms with Crippen LogP contribution in [-0.4, -0.2) is 14.8 Å². The molecule has 2 aromatic rings. The Kier molecular flexibility index (Phi) is 4.36. The van der Waals surface area contributed by atoms with Gasteiger partial charge in [0.15, 0.2) is 5.16 Å². The van der Waals surface area contributed by atoms with Crippen molar-refractivity contribution in [2.24, 2.45) is 12.8 Å². The average Bonchev–Trinajstić information content (AvgIpc) is 2.66. The fourth-order valence-corrected chi connectivity index (χ4v) is 2.86. The highest BCUT2D eigenvalue weighted by molar-refractivity contribution is 9.10. The summed E-state index contributed by atoms with van der Waals surface area (Å²) in [6.07, 6.45) is 0. The van der Waals surface area contributed by atoms with E-state index in [9.17, 15) is 4.39 Å². The minimum atomic E-state index is -0.249. The van der Waals surface area contributed by atoms with Crippen molar-refractivity contribution in [1.82, 2.24) is 14.8 Å². The summed E-state index contributed by atoms with van der Waals surface area (Å²) in [5.41, 5.74) is 6.42. The molecule has 0 saturated heterocycles. The maximum Gasteiger partial charge on any atom is 0.191 e. The van der Waals surface area contributed by atoms with Gasteiger partial charge in [0.1, 0.15) is 11.6 Å². The molecule has 0 aliphatic heterocycles. The molecular formula is C11H12BrFN4S. The van der Waals surface area contributed by atoms with Crippen molar-refractivity contribution < 1.29 is 4.39 Å². The molecule has 1 aromatic carbocycles. The van der Waals surface area contributed by atoms with E-state index in [0.717, 1.165) is 21.0 Å². The Labute approximate surface area is 117 Å². The van der Waals surface area contributed by atoms with Gasteiger partial charge in [-0.25, -0.2) is 4.39 Å². The van der Waals surface area contributed by atoms with Crippen LogP contribution in [0.1, 0.15) is 11.4 Å². The Bertz CT molecular complexity index is 538. The molecule has 0 aliphatic rings. The number of nitrogens with zero attached hydrogens (tertiary/aromatic N) is 3. The quantitative estimate of drug-likeness (QED) is 0.875. The Morgan fingerprint density at radius 3 is 2.78 bits per heavy atom. The number of hydrogen-bond acceptors (Lipinski definition) is 4. The summed E-state index contributed by atoms with van der Waals surface area (Å²) in [5, 5.41) is 8.78. The first-order valence-electron chi connectivity index (χ1n) is 5.26. The third-order valence-electron chi connectivity index (χ3n) is 2.40. The van der Waals surface area contributed by atoms with Crippen LogP contribution in [0.15, 0.2) is 27.8 Å². The predicted octanol–water partition coefficient (Wildman–Crippen LogP) is 2.47. The molecule has 96 valence electrons. The standard InChI is InChI=1S/C11H12BrFN4S/c1-17-10(5-14)15-16-11(17)18-6-7-2-8(12)4-9(13)3-7/h2-4H,5-6,14H2,1H3. The van der Waals surface area contributed by atoms with E-state index in [1.165, 1.54) is 23.9 Å². The van der Waals surface area contributed by atoms with Gasteiger partial charge >= 0.3 is 0 Å². The molecule has 18 heavy (non-hydrogen) atoms. The van der Waals surface area contributed by atoms with Crippen LogP contribution in [0, 0.1) is 5.82 Å². The maximum absolute atomic E-state index is 13.2. The van der Waals surface area contributed by atoms with Gasteiger partial charge in [0.05, 0.1) is 6.54 Å². The van der Waals surface area contributed by atoms with Gasteiger partial charge in [-0.15, -0.1) is 10.2 Å². The molecule has 2 rings (SSSR count). The molecule has 1 heterocycles. The summed E-state index contributed by atoms with van der Waals surface area (Å²) in [7, 11) is 1.87. The normalized spacial score (nSPS) is 10.9. The van der Waals surface area contributed by atoms with Gasteiger partial charge in [-0.2, -0.15) is 0 Å². The Balaban J connectivity index is 2.09. The van der Waals surface area contributed by atoms with Gasteiger partial charge in [0.25, 0.3) is 0 Å². The second-order valence-corrected chi connectivity index (χ2v) is 5.59. The first kappa shape index (κ1) is 13.5. The monoisotopic (exact) mass is 330 g/mol. The van der Waals surface area contributed by atoms with Crippen LogP contribution in [0.4, 0.5) is 4.39 Å². The lowest BCUT2D eigenvalue weighted by Crippen LogP contribution is -2.05. The van der Waals surface area contributed by atoms with Gasteiger partial charge in [0, 0.05) is 17.3 Å². The number of hydrogen-bond donors (Lipinski definition) is 1. The summed E-state index contributed by atoms with van der Waals surface area (Å²) in [4.78, 5) is 0. The third kappa shape index (κ3) is 3.09. The number of nitrogens with two attached hydrogens (primary N) is 1. The van der Waals surface area contributed by atoms with E-state index in [-0.39, 0.29) is 5.82 Å². The summed E-state index contributed by atoms with van der Waals surface area (Å²) < 4.78 is 15.8. The van der Waals surface area contributed by atoms with E-state index in [1.807, 2.05) is 17.7 Å².